The minimum Gasteiger partial charge on any atom is -0.336 e. The van der Waals surface area contributed by atoms with E-state index >= 15 is 0 Å². The molecular formula is C19H19ClFN3O5S. The molecule has 1 fully saturated rings. The van der Waals surface area contributed by atoms with Gasteiger partial charge in [0.1, 0.15) is 5.82 Å². The first-order valence-corrected chi connectivity index (χ1v) is 11.3. The summed E-state index contributed by atoms with van der Waals surface area (Å²) < 4.78 is 36.9. The molecule has 0 spiro atoms. The van der Waals surface area contributed by atoms with E-state index < -0.39 is 32.2 Å². The molecule has 160 valence electrons. The Morgan fingerprint density at radius 1 is 1.17 bits per heavy atom. The second-order valence-corrected chi connectivity index (χ2v) is 9.47. The van der Waals surface area contributed by atoms with Crippen molar-refractivity contribution < 1.29 is 22.5 Å². The second-order valence-electron chi connectivity index (χ2n) is 7.05. The number of amides is 1. The first-order chi connectivity index (χ1) is 14.0. The van der Waals surface area contributed by atoms with E-state index in [0.29, 0.717) is 37.7 Å². The molecule has 11 heteroatoms. The van der Waals surface area contributed by atoms with Crippen molar-refractivity contribution in [1.82, 2.24) is 9.80 Å². The number of hydrogen-bond donors (Lipinski definition) is 0. The highest BCUT2D eigenvalue weighted by Crippen LogP contribution is 2.23. The summed E-state index contributed by atoms with van der Waals surface area (Å²) in [7, 11) is -3.72. The number of carbonyl (C=O) groups is 1. The number of piperazine rings is 1. The molecule has 3 rings (SSSR count). The molecule has 0 radical (unpaired) electrons. The van der Waals surface area contributed by atoms with Crippen molar-refractivity contribution in [1.29, 1.82) is 0 Å². The van der Waals surface area contributed by atoms with Gasteiger partial charge in [-0.25, -0.2) is 12.8 Å². The van der Waals surface area contributed by atoms with Crippen LogP contribution in [0.25, 0.3) is 0 Å². The fourth-order valence-corrected chi connectivity index (χ4v) is 4.11. The second kappa shape index (κ2) is 8.66. The van der Waals surface area contributed by atoms with Crippen LogP contribution in [0.5, 0.6) is 0 Å². The summed E-state index contributed by atoms with van der Waals surface area (Å²) in [6.45, 7) is 2.25. The summed E-state index contributed by atoms with van der Waals surface area (Å²) in [4.78, 5) is 26.6. The molecule has 0 unspecified atom stereocenters. The van der Waals surface area contributed by atoms with Crippen molar-refractivity contribution in [2.75, 3.05) is 32.4 Å². The van der Waals surface area contributed by atoms with Gasteiger partial charge < -0.3 is 4.90 Å². The molecule has 1 amide bonds. The Balaban J connectivity index is 1.72. The van der Waals surface area contributed by atoms with Gasteiger partial charge in [0.25, 0.3) is 11.6 Å². The van der Waals surface area contributed by atoms with Crippen LogP contribution >= 0.6 is 11.6 Å². The summed E-state index contributed by atoms with van der Waals surface area (Å²) >= 11 is 6.06. The zero-order valence-corrected chi connectivity index (χ0v) is 17.6. The lowest BCUT2D eigenvalue weighted by molar-refractivity contribution is -0.385. The van der Waals surface area contributed by atoms with E-state index in [4.69, 9.17) is 11.6 Å². The lowest BCUT2D eigenvalue weighted by Gasteiger charge is -2.35. The van der Waals surface area contributed by atoms with E-state index in [1.807, 2.05) is 0 Å². The number of hydrogen-bond acceptors (Lipinski definition) is 6. The first-order valence-electron chi connectivity index (χ1n) is 8.99. The molecule has 0 atom stereocenters. The number of sulfone groups is 1. The Bertz CT molecular complexity index is 1100. The predicted molar refractivity (Wildman–Crippen MR) is 109 cm³/mol. The molecule has 8 nitrogen and oxygen atoms in total. The van der Waals surface area contributed by atoms with E-state index in [0.717, 1.165) is 30.0 Å². The zero-order chi connectivity index (χ0) is 22.1. The molecule has 0 saturated carbocycles. The average Bonchev–Trinajstić information content (AvgIpc) is 2.69. The maximum Gasteiger partial charge on any atom is 0.271 e. The Morgan fingerprint density at radius 2 is 1.83 bits per heavy atom. The Kier molecular flexibility index (Phi) is 6.39. The molecule has 0 aliphatic carbocycles. The summed E-state index contributed by atoms with van der Waals surface area (Å²) in [6, 6.07) is 7.39. The maximum absolute atomic E-state index is 13.2. The minimum atomic E-state index is -3.72. The number of carbonyl (C=O) groups excluding carboxylic acids is 1. The quantitative estimate of drug-likeness (QED) is 0.507. The third-order valence-electron chi connectivity index (χ3n) is 4.85. The molecule has 1 aliphatic rings. The van der Waals surface area contributed by atoms with Gasteiger partial charge in [-0.2, -0.15) is 0 Å². The SMILES string of the molecule is CS(=O)(=O)c1cc(C(=O)N2CCN(Cc3ccc(F)cc3Cl)CC2)cc([N+](=O)[O-])c1. The summed E-state index contributed by atoms with van der Waals surface area (Å²) in [5.41, 5.74) is 0.278. The number of rotatable bonds is 5. The molecule has 30 heavy (non-hydrogen) atoms. The van der Waals surface area contributed by atoms with Gasteiger partial charge in [0.15, 0.2) is 9.84 Å². The highest BCUT2D eigenvalue weighted by Gasteiger charge is 2.25. The van der Waals surface area contributed by atoms with E-state index in [1.165, 1.54) is 17.0 Å². The highest BCUT2D eigenvalue weighted by molar-refractivity contribution is 7.90. The fourth-order valence-electron chi connectivity index (χ4n) is 3.21. The normalized spacial score (nSPS) is 15.2. The monoisotopic (exact) mass is 455 g/mol. The Labute approximate surface area is 177 Å². The number of nitro groups is 1. The van der Waals surface area contributed by atoms with Crippen molar-refractivity contribution >= 4 is 33.0 Å². The number of nitrogens with zero attached hydrogens (tertiary/aromatic N) is 3. The molecule has 1 heterocycles. The van der Waals surface area contributed by atoms with Crippen molar-refractivity contribution in [2.24, 2.45) is 0 Å². The van der Waals surface area contributed by atoms with Crippen LogP contribution in [-0.4, -0.2) is 61.5 Å². The van der Waals surface area contributed by atoms with Crippen LogP contribution in [0.3, 0.4) is 0 Å². The van der Waals surface area contributed by atoms with Crippen molar-refractivity contribution in [2.45, 2.75) is 11.4 Å². The maximum atomic E-state index is 13.2. The summed E-state index contributed by atoms with van der Waals surface area (Å²) in [6.07, 6.45) is 0.930. The van der Waals surface area contributed by atoms with Gasteiger partial charge in [0.05, 0.1) is 9.82 Å². The van der Waals surface area contributed by atoms with E-state index in [9.17, 15) is 27.7 Å². The van der Waals surface area contributed by atoms with Crippen LogP contribution in [0.2, 0.25) is 5.02 Å². The van der Waals surface area contributed by atoms with Gasteiger partial charge in [-0.1, -0.05) is 17.7 Å². The van der Waals surface area contributed by atoms with Crippen LogP contribution < -0.4 is 0 Å². The molecule has 2 aromatic rings. The van der Waals surface area contributed by atoms with Gasteiger partial charge in [-0.3, -0.25) is 19.8 Å². The smallest absolute Gasteiger partial charge is 0.271 e. The summed E-state index contributed by atoms with van der Waals surface area (Å²) in [5.74, 6) is -0.882. The van der Waals surface area contributed by atoms with Crippen LogP contribution in [-0.2, 0) is 16.4 Å². The first kappa shape index (κ1) is 22.1. The van der Waals surface area contributed by atoms with Gasteiger partial charge in [-0.15, -0.1) is 0 Å². The molecule has 0 bridgehead atoms. The van der Waals surface area contributed by atoms with E-state index in [-0.39, 0.29) is 10.5 Å². The number of nitro benzene ring substituents is 1. The number of benzene rings is 2. The van der Waals surface area contributed by atoms with Crippen molar-refractivity contribution in [3.05, 3.63) is 68.5 Å². The van der Waals surface area contributed by atoms with Gasteiger partial charge in [0.2, 0.25) is 0 Å². The molecule has 2 aromatic carbocycles. The van der Waals surface area contributed by atoms with E-state index in [1.54, 1.807) is 6.07 Å². The van der Waals surface area contributed by atoms with Gasteiger partial charge in [0, 0.05) is 61.7 Å². The third kappa shape index (κ3) is 5.13. The molecule has 1 saturated heterocycles. The lowest BCUT2D eigenvalue weighted by atomic mass is 10.1. The average molecular weight is 456 g/mol. The molecular weight excluding hydrogens is 437 g/mol. The number of halogens is 2. The van der Waals surface area contributed by atoms with Crippen molar-refractivity contribution in [3.8, 4) is 0 Å². The Hall–Kier alpha value is -2.56. The third-order valence-corrected chi connectivity index (χ3v) is 6.29. The topological polar surface area (TPSA) is 101 Å². The summed E-state index contributed by atoms with van der Waals surface area (Å²) in [5, 5.41) is 11.5. The zero-order valence-electron chi connectivity index (χ0n) is 16.0. The Morgan fingerprint density at radius 3 is 2.40 bits per heavy atom. The molecule has 0 aromatic heterocycles. The molecule has 0 N–H and O–H groups in total. The standard InChI is InChI=1S/C19H19ClFN3O5S/c1-30(28,29)17-9-14(8-16(11-17)24(26)27)19(25)23-6-4-22(5-7-23)12-13-2-3-15(21)10-18(13)20/h2-3,8-11H,4-7,12H2,1H3. The van der Waals surface area contributed by atoms with Gasteiger partial charge >= 0.3 is 0 Å². The largest absolute Gasteiger partial charge is 0.336 e. The lowest BCUT2D eigenvalue weighted by Crippen LogP contribution is -2.48. The van der Waals surface area contributed by atoms with Crippen LogP contribution in [0.15, 0.2) is 41.3 Å². The van der Waals surface area contributed by atoms with Crippen LogP contribution in [0, 0.1) is 15.9 Å². The number of non-ortho nitro benzene ring substituents is 1. The van der Waals surface area contributed by atoms with Crippen molar-refractivity contribution in [3.63, 3.8) is 0 Å². The predicted octanol–water partition coefficient (Wildman–Crippen LogP) is 2.75. The van der Waals surface area contributed by atoms with E-state index in [2.05, 4.69) is 4.90 Å². The highest BCUT2D eigenvalue weighted by atomic mass is 35.5. The fraction of sp³-hybridized carbons (Fsp3) is 0.316. The van der Waals surface area contributed by atoms with Gasteiger partial charge in [-0.05, 0) is 23.8 Å². The molecule has 1 aliphatic heterocycles. The van der Waals surface area contributed by atoms with Crippen LogP contribution in [0.4, 0.5) is 10.1 Å². The van der Waals surface area contributed by atoms with Crippen LogP contribution in [0.1, 0.15) is 15.9 Å². The minimum absolute atomic E-state index is 0.0420.